The van der Waals surface area contributed by atoms with Gasteiger partial charge in [-0.2, -0.15) is 10.5 Å². The Bertz CT molecular complexity index is 1650. The van der Waals surface area contributed by atoms with E-state index in [1.165, 1.54) is 18.3 Å². The van der Waals surface area contributed by atoms with Crippen molar-refractivity contribution in [2.45, 2.75) is 26.8 Å². The number of pyridine rings is 2. The van der Waals surface area contributed by atoms with Gasteiger partial charge in [-0.1, -0.05) is 32.9 Å². The molecule has 0 fully saturated rings. The van der Waals surface area contributed by atoms with Gasteiger partial charge in [0, 0.05) is 36.2 Å². The molecule has 5 rings (SSSR count). The van der Waals surface area contributed by atoms with E-state index in [4.69, 9.17) is 0 Å². The number of anilines is 3. The zero-order chi connectivity index (χ0) is 28.3. The normalized spacial score (nSPS) is 13.7. The van der Waals surface area contributed by atoms with Crippen LogP contribution in [-0.4, -0.2) is 16.5 Å². The van der Waals surface area contributed by atoms with E-state index in [1.54, 1.807) is 35.6 Å². The summed E-state index contributed by atoms with van der Waals surface area (Å²) in [5, 5.41) is 29.2. The van der Waals surface area contributed by atoms with Crippen LogP contribution in [0.25, 0.3) is 10.9 Å². The first-order chi connectivity index (χ1) is 19.3. The quantitative estimate of drug-likeness (QED) is 0.244. The van der Waals surface area contributed by atoms with Gasteiger partial charge >= 0.3 is 0 Å². The molecule has 0 bridgehead atoms. The molecule has 0 amide bonds. The third-order valence-corrected chi connectivity index (χ3v) is 6.35. The summed E-state index contributed by atoms with van der Waals surface area (Å²) in [4.78, 5) is 8.61. The number of halogens is 1. The first-order valence-corrected chi connectivity index (χ1v) is 12.7. The molecule has 2 aromatic carbocycles. The fourth-order valence-corrected chi connectivity index (χ4v) is 4.37. The molecule has 4 aromatic rings. The van der Waals surface area contributed by atoms with E-state index in [-0.39, 0.29) is 11.2 Å². The maximum Gasteiger partial charge on any atom is 0.123 e. The second kappa shape index (κ2) is 10.9. The van der Waals surface area contributed by atoms with E-state index in [0.29, 0.717) is 39.9 Å². The van der Waals surface area contributed by atoms with E-state index in [2.05, 4.69) is 64.5 Å². The molecule has 200 valence electrons. The Morgan fingerprint density at radius 2 is 1.82 bits per heavy atom. The number of aromatic nitrogens is 2. The molecule has 40 heavy (non-hydrogen) atoms. The highest BCUT2D eigenvalue weighted by Gasteiger charge is 2.24. The Hall–Kier alpha value is -5.19. The summed E-state index contributed by atoms with van der Waals surface area (Å²) in [6.07, 6.45) is 6.80. The van der Waals surface area contributed by atoms with Crippen molar-refractivity contribution in [2.24, 2.45) is 5.41 Å². The zero-order valence-corrected chi connectivity index (χ0v) is 22.3. The minimum absolute atomic E-state index is 0.0440. The van der Waals surface area contributed by atoms with Gasteiger partial charge in [0.2, 0.25) is 0 Å². The van der Waals surface area contributed by atoms with Gasteiger partial charge in [-0.3, -0.25) is 15.0 Å². The Morgan fingerprint density at radius 1 is 1.05 bits per heavy atom. The Labute approximate surface area is 231 Å². The van der Waals surface area contributed by atoms with Gasteiger partial charge in [0.15, 0.2) is 0 Å². The largest absolute Gasteiger partial charge is 0.383 e. The van der Waals surface area contributed by atoms with Crippen molar-refractivity contribution in [1.29, 1.82) is 10.5 Å². The van der Waals surface area contributed by atoms with Crippen LogP contribution in [0.5, 0.6) is 0 Å². The highest BCUT2D eigenvalue weighted by molar-refractivity contribution is 5.99. The first kappa shape index (κ1) is 26.4. The molecule has 0 radical (unpaired) electrons. The van der Waals surface area contributed by atoms with Gasteiger partial charge in [-0.05, 0) is 47.4 Å². The van der Waals surface area contributed by atoms with E-state index < -0.39 is 6.04 Å². The van der Waals surface area contributed by atoms with Crippen molar-refractivity contribution >= 4 is 28.0 Å². The topological polar surface area (TPSA) is 125 Å². The summed E-state index contributed by atoms with van der Waals surface area (Å²) >= 11 is 0. The van der Waals surface area contributed by atoms with Crippen LogP contribution in [0.2, 0.25) is 0 Å². The van der Waals surface area contributed by atoms with E-state index in [1.807, 2.05) is 24.4 Å². The first-order valence-electron chi connectivity index (χ1n) is 12.7. The molecule has 1 unspecified atom stereocenters. The summed E-state index contributed by atoms with van der Waals surface area (Å²) < 4.78 is 13.8. The van der Waals surface area contributed by atoms with E-state index >= 15 is 0 Å². The third kappa shape index (κ3) is 5.63. The van der Waals surface area contributed by atoms with Crippen molar-refractivity contribution in [3.63, 3.8) is 0 Å². The van der Waals surface area contributed by atoms with Gasteiger partial charge in [0.1, 0.15) is 18.0 Å². The monoisotopic (exact) mass is 533 g/mol. The van der Waals surface area contributed by atoms with Crippen molar-refractivity contribution in [3.05, 3.63) is 102 Å². The van der Waals surface area contributed by atoms with Crippen molar-refractivity contribution in [2.75, 3.05) is 22.2 Å². The fraction of sp³-hybridized carbons (Fsp3) is 0.200. The number of fused-ring (bicyclic) bond motifs is 1. The Kier molecular flexibility index (Phi) is 7.19. The highest BCUT2D eigenvalue weighted by Crippen LogP contribution is 2.34. The van der Waals surface area contributed by atoms with Gasteiger partial charge in [0.05, 0.1) is 46.0 Å². The van der Waals surface area contributed by atoms with Crippen LogP contribution in [0.1, 0.15) is 43.5 Å². The Balaban J connectivity index is 1.59. The fourth-order valence-electron chi connectivity index (χ4n) is 4.37. The lowest BCUT2D eigenvalue weighted by Gasteiger charge is -2.23. The van der Waals surface area contributed by atoms with Gasteiger partial charge in [0.25, 0.3) is 0 Å². The number of nitrogens with zero attached hydrogens (tertiary/aromatic N) is 5. The standard InChI is InChI=1S/C30H28FN9/c1-30(2,3)18-36-28-21(14-33)15-35-27-20(13-32)11-23(12-25(27)28)37-29(19-6-8-22(31)9-7-19)26-17-40(39-38-26)24-5-4-10-34-16-24/h4-12,15-17,29,37-39H,18H2,1-3H3,(H,35,36). The van der Waals surface area contributed by atoms with Crippen LogP contribution >= 0.6 is 0 Å². The van der Waals surface area contributed by atoms with Crippen LogP contribution in [0.15, 0.2) is 79.0 Å². The van der Waals surface area contributed by atoms with Gasteiger partial charge in [-0.15, -0.1) is 5.53 Å². The third-order valence-electron chi connectivity index (χ3n) is 6.35. The van der Waals surface area contributed by atoms with Crippen LogP contribution < -0.4 is 26.6 Å². The molecule has 9 nitrogen and oxygen atoms in total. The lowest BCUT2D eigenvalue weighted by Crippen LogP contribution is -2.37. The number of hydrogen-bond acceptors (Lipinski definition) is 9. The molecule has 10 heteroatoms. The summed E-state index contributed by atoms with van der Waals surface area (Å²) in [5.74, 6) is -0.340. The number of hydrazine groups is 2. The molecule has 4 N–H and O–H groups in total. The SMILES string of the molecule is CC(C)(C)CNc1c(C#N)cnc2c(C#N)cc(NC(C3=CN(c4cccnc4)NN3)c3ccc(F)cc3)cc12. The average molecular weight is 534 g/mol. The van der Waals surface area contributed by atoms with Crippen molar-refractivity contribution in [1.82, 2.24) is 20.9 Å². The summed E-state index contributed by atoms with van der Waals surface area (Å²) in [6.45, 7) is 6.91. The average Bonchev–Trinajstić information content (AvgIpc) is 3.45. The minimum Gasteiger partial charge on any atom is -0.383 e. The number of nitriles is 2. The zero-order valence-electron chi connectivity index (χ0n) is 22.3. The number of nitrogens with one attached hydrogen (secondary N) is 4. The van der Waals surface area contributed by atoms with Crippen molar-refractivity contribution in [3.8, 4) is 12.1 Å². The minimum atomic E-state index is -0.447. The van der Waals surface area contributed by atoms with Crippen LogP contribution in [-0.2, 0) is 0 Å². The number of benzene rings is 2. The molecule has 1 atom stereocenters. The maximum absolute atomic E-state index is 13.8. The summed E-state index contributed by atoms with van der Waals surface area (Å²) in [7, 11) is 0. The molecule has 0 saturated carbocycles. The van der Waals surface area contributed by atoms with Crippen LogP contribution in [0, 0.1) is 33.9 Å². The van der Waals surface area contributed by atoms with Crippen molar-refractivity contribution < 1.29 is 4.39 Å². The highest BCUT2D eigenvalue weighted by atomic mass is 19.1. The molecule has 0 spiro atoms. The molecule has 1 aliphatic heterocycles. The molecule has 2 aromatic heterocycles. The Morgan fingerprint density at radius 3 is 2.50 bits per heavy atom. The van der Waals surface area contributed by atoms with Crippen LogP contribution in [0.4, 0.5) is 21.5 Å². The predicted octanol–water partition coefficient (Wildman–Crippen LogP) is 5.49. The summed E-state index contributed by atoms with van der Waals surface area (Å²) in [6, 6.07) is 17.6. The molecule has 3 heterocycles. The molecule has 0 aliphatic carbocycles. The smallest absolute Gasteiger partial charge is 0.123 e. The summed E-state index contributed by atoms with van der Waals surface area (Å²) in [5.41, 5.74) is 11.2. The molecular formula is C30H28FN9. The van der Waals surface area contributed by atoms with Crippen LogP contribution in [0.3, 0.4) is 0 Å². The van der Waals surface area contributed by atoms with Gasteiger partial charge in [-0.25, -0.2) is 4.39 Å². The second-order valence-electron chi connectivity index (χ2n) is 10.6. The molecule has 0 saturated heterocycles. The lowest BCUT2D eigenvalue weighted by molar-refractivity contribution is 0.443. The number of rotatable bonds is 7. The van der Waals surface area contributed by atoms with E-state index in [0.717, 1.165) is 16.9 Å². The molecule has 1 aliphatic rings. The predicted molar refractivity (Wildman–Crippen MR) is 153 cm³/mol. The lowest BCUT2D eigenvalue weighted by atomic mass is 9.96. The number of hydrogen-bond donors (Lipinski definition) is 4. The van der Waals surface area contributed by atoms with E-state index in [9.17, 15) is 14.9 Å². The second-order valence-corrected chi connectivity index (χ2v) is 10.6. The van der Waals surface area contributed by atoms with Gasteiger partial charge < -0.3 is 16.1 Å². The maximum atomic E-state index is 13.8. The molecular weight excluding hydrogens is 505 g/mol.